The molecular formula is C36H25BrN2O3. The van der Waals surface area contributed by atoms with Gasteiger partial charge in [-0.15, -0.1) is 0 Å². The van der Waals surface area contributed by atoms with E-state index in [-0.39, 0.29) is 23.7 Å². The van der Waals surface area contributed by atoms with E-state index in [1.54, 1.807) is 6.21 Å². The van der Waals surface area contributed by atoms with Crippen LogP contribution in [0.15, 0.2) is 119 Å². The summed E-state index contributed by atoms with van der Waals surface area (Å²) in [5.74, 6) is -0.926. The van der Waals surface area contributed by atoms with Gasteiger partial charge >= 0.3 is 0 Å². The fourth-order valence-electron chi connectivity index (χ4n) is 7.19. The highest BCUT2D eigenvalue weighted by Gasteiger charge is 2.61. The Labute approximate surface area is 251 Å². The molecule has 0 spiro atoms. The Morgan fingerprint density at radius 2 is 1.29 bits per heavy atom. The highest BCUT2D eigenvalue weighted by Crippen LogP contribution is 2.61. The van der Waals surface area contributed by atoms with Crippen LogP contribution in [0.4, 0.5) is 0 Å². The number of benzene rings is 5. The molecule has 5 aromatic rings. The van der Waals surface area contributed by atoms with Gasteiger partial charge in [0, 0.05) is 11.8 Å². The molecule has 42 heavy (non-hydrogen) atoms. The molecule has 3 aliphatic carbocycles. The molecular weight excluding hydrogens is 588 g/mol. The summed E-state index contributed by atoms with van der Waals surface area (Å²) in [6.07, 6.45) is 1.58. The third-order valence-corrected chi connectivity index (χ3v) is 9.59. The maximum Gasteiger partial charge on any atom is 0.254 e. The summed E-state index contributed by atoms with van der Waals surface area (Å²) < 4.78 is 6.91. The lowest BCUT2D eigenvalue weighted by Gasteiger charge is -2.45. The van der Waals surface area contributed by atoms with Crippen LogP contribution in [0.25, 0.3) is 10.8 Å². The number of hydrogen-bond donors (Lipinski definition) is 0. The van der Waals surface area contributed by atoms with E-state index in [9.17, 15) is 9.59 Å². The molecule has 0 saturated carbocycles. The Balaban J connectivity index is 1.04. The summed E-state index contributed by atoms with van der Waals surface area (Å²) in [5.41, 5.74) is 6.46. The van der Waals surface area contributed by atoms with Crippen LogP contribution in [0.5, 0.6) is 5.75 Å². The first kappa shape index (κ1) is 25.2. The molecule has 2 bridgehead atoms. The fourth-order valence-corrected chi connectivity index (χ4v) is 7.70. The van der Waals surface area contributed by atoms with Gasteiger partial charge in [-0.25, -0.2) is 0 Å². The molecule has 1 heterocycles. The maximum atomic E-state index is 13.8. The van der Waals surface area contributed by atoms with Crippen molar-refractivity contribution in [2.45, 2.75) is 18.4 Å². The van der Waals surface area contributed by atoms with Gasteiger partial charge in [0.05, 0.1) is 22.5 Å². The van der Waals surface area contributed by atoms with Crippen LogP contribution in [0, 0.1) is 11.8 Å². The molecule has 204 valence electrons. The molecule has 6 heteroatoms. The minimum atomic E-state index is -0.443. The molecule has 9 rings (SSSR count). The first-order chi connectivity index (χ1) is 20.6. The summed E-state index contributed by atoms with van der Waals surface area (Å²) in [7, 11) is 0. The number of ether oxygens (including phenoxy) is 1. The normalized spacial score (nSPS) is 22.0. The van der Waals surface area contributed by atoms with Gasteiger partial charge in [0.15, 0.2) is 0 Å². The van der Waals surface area contributed by atoms with Gasteiger partial charge < -0.3 is 4.74 Å². The minimum Gasteiger partial charge on any atom is -0.488 e. The summed E-state index contributed by atoms with van der Waals surface area (Å²) in [6.45, 7) is 0.431. The van der Waals surface area contributed by atoms with Crippen molar-refractivity contribution >= 4 is 44.7 Å². The number of imide groups is 1. The number of rotatable bonds is 5. The first-order valence-corrected chi connectivity index (χ1v) is 14.9. The predicted octanol–water partition coefficient (Wildman–Crippen LogP) is 7.41. The molecule has 1 aliphatic heterocycles. The first-order valence-electron chi connectivity index (χ1n) is 14.1. The van der Waals surface area contributed by atoms with Crippen molar-refractivity contribution in [1.82, 2.24) is 5.01 Å². The van der Waals surface area contributed by atoms with Crippen molar-refractivity contribution in [3.8, 4) is 5.75 Å². The van der Waals surface area contributed by atoms with E-state index in [1.165, 1.54) is 10.8 Å². The van der Waals surface area contributed by atoms with Crippen molar-refractivity contribution in [2.24, 2.45) is 16.9 Å². The Morgan fingerprint density at radius 3 is 1.90 bits per heavy atom. The molecule has 5 aromatic carbocycles. The van der Waals surface area contributed by atoms with Crippen LogP contribution in [-0.2, 0) is 16.2 Å². The fraction of sp³-hybridized carbons (Fsp3) is 0.139. The van der Waals surface area contributed by atoms with Crippen LogP contribution >= 0.6 is 15.9 Å². The monoisotopic (exact) mass is 612 g/mol. The topological polar surface area (TPSA) is 59.0 Å². The largest absolute Gasteiger partial charge is 0.488 e. The van der Waals surface area contributed by atoms with Gasteiger partial charge in [-0.3, -0.25) is 9.59 Å². The highest BCUT2D eigenvalue weighted by molar-refractivity contribution is 9.10. The molecule has 0 aromatic heterocycles. The molecule has 2 atom stereocenters. The lowest BCUT2D eigenvalue weighted by atomic mass is 9.55. The van der Waals surface area contributed by atoms with Crippen molar-refractivity contribution < 1.29 is 14.3 Å². The molecule has 0 radical (unpaired) electrons. The van der Waals surface area contributed by atoms with Gasteiger partial charge in [0.25, 0.3) is 11.8 Å². The average Bonchev–Trinajstić information content (AvgIpc) is 3.28. The molecule has 0 unspecified atom stereocenters. The zero-order valence-electron chi connectivity index (χ0n) is 22.5. The van der Waals surface area contributed by atoms with Crippen molar-refractivity contribution in [1.29, 1.82) is 0 Å². The van der Waals surface area contributed by atoms with Gasteiger partial charge in [-0.2, -0.15) is 10.1 Å². The maximum absolute atomic E-state index is 13.8. The molecule has 5 nitrogen and oxygen atoms in total. The number of hydrogen-bond acceptors (Lipinski definition) is 4. The average molecular weight is 614 g/mol. The van der Waals surface area contributed by atoms with E-state index in [1.807, 2.05) is 60.7 Å². The Hall–Kier alpha value is -4.55. The standard InChI is InChI=1S/C36H25BrN2O3/c37-29-18-21(16-17-30(29)42-20-23-10-7-9-22-8-1-2-11-24(22)23)19-38-39-35(40)33-31-25-12-3-4-13-26(25)32(34(33)36(39)41)28-15-6-5-14-27(28)31/h1-19,31-34H,20H2/b38-19-/t31?,32?,33-,34+. The number of carbonyl (C=O) groups excluding carboxylic acids is 2. The highest BCUT2D eigenvalue weighted by atomic mass is 79.9. The smallest absolute Gasteiger partial charge is 0.254 e. The number of hydrazone groups is 1. The number of nitrogens with zero attached hydrogens (tertiary/aromatic N) is 2. The van der Waals surface area contributed by atoms with Gasteiger partial charge in [-0.05, 0) is 78.3 Å². The number of halogens is 1. The van der Waals surface area contributed by atoms with E-state index in [0.29, 0.717) is 12.4 Å². The van der Waals surface area contributed by atoms with Crippen molar-refractivity contribution in [3.63, 3.8) is 0 Å². The SMILES string of the molecule is O=C1[C@@H]2C3c4ccccc4C(c4ccccc43)[C@@H]2C(=O)N1/N=C\c1ccc(OCc2cccc3ccccc23)c(Br)c1. The van der Waals surface area contributed by atoms with E-state index < -0.39 is 11.8 Å². The molecule has 1 fully saturated rings. The van der Waals surface area contributed by atoms with E-state index in [2.05, 4.69) is 69.6 Å². The predicted molar refractivity (Wildman–Crippen MR) is 165 cm³/mol. The molecule has 0 N–H and O–H groups in total. The van der Waals surface area contributed by atoms with Gasteiger partial charge in [-0.1, -0.05) is 91.0 Å². The Bertz CT molecular complexity index is 1830. The number of carbonyl (C=O) groups is 2. The van der Waals surface area contributed by atoms with Crippen LogP contribution in [0.2, 0.25) is 0 Å². The lowest BCUT2D eigenvalue weighted by molar-refractivity contribution is -0.139. The molecule has 4 aliphatic rings. The molecule has 2 amide bonds. The number of amides is 2. The third-order valence-electron chi connectivity index (χ3n) is 8.97. The summed E-state index contributed by atoms with van der Waals surface area (Å²) in [5, 5.41) is 7.89. The lowest BCUT2D eigenvalue weighted by Crippen LogP contribution is -2.41. The third kappa shape index (κ3) is 3.78. The van der Waals surface area contributed by atoms with Crippen LogP contribution in [-0.4, -0.2) is 23.0 Å². The van der Waals surface area contributed by atoms with Crippen molar-refractivity contribution in [3.05, 3.63) is 147 Å². The second-order valence-electron chi connectivity index (χ2n) is 11.1. The van der Waals surface area contributed by atoms with E-state index in [0.717, 1.165) is 42.9 Å². The second kappa shape index (κ2) is 9.78. The quantitative estimate of drug-likeness (QED) is 0.153. The van der Waals surface area contributed by atoms with Crippen molar-refractivity contribution in [2.75, 3.05) is 0 Å². The Kier molecular flexibility index (Phi) is 5.86. The summed E-state index contributed by atoms with van der Waals surface area (Å²) >= 11 is 3.62. The number of fused-ring (bicyclic) bond motifs is 1. The molecule has 1 saturated heterocycles. The van der Waals surface area contributed by atoms with Crippen LogP contribution in [0.3, 0.4) is 0 Å². The zero-order valence-corrected chi connectivity index (χ0v) is 24.1. The summed E-state index contributed by atoms with van der Waals surface area (Å²) in [6, 6.07) is 36.6. The van der Waals surface area contributed by atoms with Gasteiger partial charge in [0.1, 0.15) is 12.4 Å². The van der Waals surface area contributed by atoms with Gasteiger partial charge in [0.2, 0.25) is 0 Å². The van der Waals surface area contributed by atoms with Crippen LogP contribution in [0.1, 0.15) is 45.2 Å². The van der Waals surface area contributed by atoms with E-state index in [4.69, 9.17) is 4.74 Å². The second-order valence-corrected chi connectivity index (χ2v) is 12.0. The minimum absolute atomic E-state index is 0.142. The Morgan fingerprint density at radius 1 is 0.714 bits per heavy atom. The van der Waals surface area contributed by atoms with E-state index >= 15 is 0 Å². The zero-order chi connectivity index (χ0) is 28.4. The van der Waals surface area contributed by atoms with Crippen LogP contribution < -0.4 is 4.74 Å². The summed E-state index contributed by atoms with van der Waals surface area (Å²) in [4.78, 5) is 27.6.